The molecule has 98 valence electrons. The summed E-state index contributed by atoms with van der Waals surface area (Å²) < 4.78 is 0. The van der Waals surface area contributed by atoms with Crippen LogP contribution in [0.3, 0.4) is 0 Å². The lowest BCUT2D eigenvalue weighted by Gasteiger charge is -2.30. The molecule has 1 fully saturated rings. The van der Waals surface area contributed by atoms with Crippen molar-refractivity contribution in [1.29, 1.82) is 0 Å². The largest absolute Gasteiger partial charge is 0.296 e. The number of carbonyl (C=O) groups is 1. The molecule has 1 aromatic carbocycles. The highest BCUT2D eigenvalue weighted by atomic mass is 35.5. The summed E-state index contributed by atoms with van der Waals surface area (Å²) in [6, 6.07) is 5.04. The van der Waals surface area contributed by atoms with Gasteiger partial charge in [-0.1, -0.05) is 30.1 Å². The minimum absolute atomic E-state index is 0.0748. The molecule has 2 nitrogen and oxygen atoms in total. The molecule has 1 aliphatic rings. The molecule has 18 heavy (non-hydrogen) atoms. The van der Waals surface area contributed by atoms with E-state index in [2.05, 4.69) is 11.8 Å². The van der Waals surface area contributed by atoms with Crippen molar-refractivity contribution < 1.29 is 4.79 Å². The van der Waals surface area contributed by atoms with Gasteiger partial charge in [0.1, 0.15) is 0 Å². The quantitative estimate of drug-likeness (QED) is 0.785. The van der Waals surface area contributed by atoms with Crippen LogP contribution in [-0.4, -0.2) is 30.3 Å². The monoisotopic (exact) mass is 285 g/mol. The van der Waals surface area contributed by atoms with Crippen LogP contribution in [0.5, 0.6) is 0 Å². The van der Waals surface area contributed by atoms with E-state index in [9.17, 15) is 4.79 Å². The Hall–Kier alpha value is -0.570. The molecule has 1 atom stereocenters. The summed E-state index contributed by atoms with van der Waals surface area (Å²) in [5.41, 5.74) is 0.569. The van der Waals surface area contributed by atoms with Gasteiger partial charge >= 0.3 is 0 Å². The number of halogens is 2. The molecule has 0 N–H and O–H groups in total. The summed E-state index contributed by atoms with van der Waals surface area (Å²) >= 11 is 11.9. The topological polar surface area (TPSA) is 20.3 Å². The highest BCUT2D eigenvalue weighted by molar-refractivity contribution is 6.36. The number of carbonyl (C=O) groups excluding carboxylic acids is 1. The van der Waals surface area contributed by atoms with Crippen LogP contribution >= 0.6 is 23.2 Å². The van der Waals surface area contributed by atoms with Gasteiger partial charge in [-0.15, -0.1) is 0 Å². The summed E-state index contributed by atoms with van der Waals surface area (Å²) in [6.07, 6.45) is 2.43. The van der Waals surface area contributed by atoms with Gasteiger partial charge in [0.05, 0.1) is 11.6 Å². The molecular weight excluding hydrogens is 269 g/mol. The van der Waals surface area contributed by atoms with Gasteiger partial charge in [-0.05, 0) is 43.5 Å². The van der Waals surface area contributed by atoms with Gasteiger partial charge in [-0.25, -0.2) is 0 Å². The summed E-state index contributed by atoms with van der Waals surface area (Å²) in [5, 5.41) is 1.00. The van der Waals surface area contributed by atoms with Crippen molar-refractivity contribution >= 4 is 29.0 Å². The Balaban J connectivity index is 2.03. The molecule has 0 amide bonds. The van der Waals surface area contributed by atoms with Crippen molar-refractivity contribution in [3.05, 3.63) is 33.8 Å². The Bertz CT molecular complexity index is 447. The number of likely N-dealkylation sites (tertiary alicyclic amines) is 1. The van der Waals surface area contributed by atoms with Gasteiger partial charge in [0.15, 0.2) is 5.78 Å². The first-order valence-electron chi connectivity index (χ1n) is 6.27. The van der Waals surface area contributed by atoms with E-state index < -0.39 is 0 Å². The van der Waals surface area contributed by atoms with Crippen LogP contribution in [0.25, 0.3) is 0 Å². The number of hydrogen-bond acceptors (Lipinski definition) is 2. The standard InChI is InChI=1S/C14H17Cl2NO/c1-10-3-2-6-17(8-10)9-14(18)12-5-4-11(15)7-13(12)16/h4-5,7,10H,2-3,6,8-9H2,1H3. The van der Waals surface area contributed by atoms with Gasteiger partial charge in [0, 0.05) is 17.1 Å². The van der Waals surface area contributed by atoms with E-state index >= 15 is 0 Å². The smallest absolute Gasteiger partial charge is 0.178 e. The number of nitrogens with zero attached hydrogens (tertiary/aromatic N) is 1. The SMILES string of the molecule is CC1CCCN(CC(=O)c2ccc(Cl)cc2Cl)C1. The first kappa shape index (κ1) is 13.9. The normalized spacial score (nSPS) is 20.9. The van der Waals surface area contributed by atoms with Gasteiger partial charge in [-0.3, -0.25) is 9.69 Å². The second kappa shape index (κ2) is 6.05. The van der Waals surface area contributed by atoms with E-state index in [1.54, 1.807) is 18.2 Å². The molecule has 0 saturated carbocycles. The molecule has 0 bridgehead atoms. The summed E-state index contributed by atoms with van der Waals surface area (Å²) in [5.74, 6) is 0.748. The Morgan fingerprint density at radius 3 is 2.89 bits per heavy atom. The van der Waals surface area contributed by atoms with Crippen molar-refractivity contribution in [2.75, 3.05) is 19.6 Å². The lowest BCUT2D eigenvalue weighted by Crippen LogP contribution is -2.38. The van der Waals surface area contributed by atoms with Gasteiger partial charge in [-0.2, -0.15) is 0 Å². The number of hydrogen-bond donors (Lipinski definition) is 0. The van der Waals surface area contributed by atoms with Gasteiger partial charge in [0.2, 0.25) is 0 Å². The third kappa shape index (κ3) is 3.47. The van der Waals surface area contributed by atoms with Crippen LogP contribution in [0.2, 0.25) is 10.0 Å². The Morgan fingerprint density at radius 1 is 1.44 bits per heavy atom. The van der Waals surface area contributed by atoms with E-state index in [1.165, 1.54) is 12.8 Å². The third-order valence-electron chi connectivity index (χ3n) is 3.34. The molecule has 1 aliphatic heterocycles. The van der Waals surface area contributed by atoms with Crippen LogP contribution in [-0.2, 0) is 0 Å². The predicted octanol–water partition coefficient (Wildman–Crippen LogP) is 3.91. The first-order valence-corrected chi connectivity index (χ1v) is 7.02. The van der Waals surface area contributed by atoms with E-state index in [0.29, 0.717) is 28.1 Å². The molecule has 0 spiro atoms. The molecule has 0 radical (unpaired) electrons. The minimum Gasteiger partial charge on any atom is -0.296 e. The van der Waals surface area contributed by atoms with E-state index in [1.807, 2.05) is 0 Å². The van der Waals surface area contributed by atoms with Crippen LogP contribution in [0.1, 0.15) is 30.1 Å². The Kier molecular flexibility index (Phi) is 4.66. The zero-order chi connectivity index (χ0) is 13.1. The van der Waals surface area contributed by atoms with Crippen LogP contribution in [0, 0.1) is 5.92 Å². The number of benzene rings is 1. The van der Waals surface area contributed by atoms with Crippen LogP contribution in [0.15, 0.2) is 18.2 Å². The van der Waals surface area contributed by atoms with Crippen molar-refractivity contribution in [1.82, 2.24) is 4.90 Å². The van der Waals surface area contributed by atoms with Gasteiger partial charge < -0.3 is 0 Å². The molecule has 0 aromatic heterocycles. The van der Waals surface area contributed by atoms with Crippen molar-refractivity contribution in [3.8, 4) is 0 Å². The summed E-state index contributed by atoms with van der Waals surface area (Å²) in [4.78, 5) is 14.4. The lowest BCUT2D eigenvalue weighted by atomic mass is 9.99. The second-order valence-corrected chi connectivity index (χ2v) is 5.87. The maximum atomic E-state index is 12.2. The number of piperidine rings is 1. The molecule has 2 rings (SSSR count). The molecular formula is C14H17Cl2NO. The fourth-order valence-electron chi connectivity index (χ4n) is 2.43. The molecule has 1 saturated heterocycles. The highest BCUT2D eigenvalue weighted by Gasteiger charge is 2.20. The van der Waals surface area contributed by atoms with Crippen molar-refractivity contribution in [2.24, 2.45) is 5.92 Å². The number of Topliss-reactive ketones (excluding diaryl/α,β-unsaturated/α-hetero) is 1. The highest BCUT2D eigenvalue weighted by Crippen LogP contribution is 2.22. The average Bonchev–Trinajstić information content (AvgIpc) is 2.28. The molecule has 1 aromatic rings. The molecule has 1 heterocycles. The molecule has 0 aliphatic carbocycles. The van der Waals surface area contributed by atoms with Crippen LogP contribution in [0.4, 0.5) is 0 Å². The maximum absolute atomic E-state index is 12.2. The fraction of sp³-hybridized carbons (Fsp3) is 0.500. The Morgan fingerprint density at radius 2 is 2.22 bits per heavy atom. The number of rotatable bonds is 3. The Labute approximate surface area is 118 Å². The zero-order valence-electron chi connectivity index (χ0n) is 10.5. The predicted molar refractivity (Wildman–Crippen MR) is 75.6 cm³/mol. The molecule has 4 heteroatoms. The third-order valence-corrected chi connectivity index (χ3v) is 3.89. The van der Waals surface area contributed by atoms with Crippen molar-refractivity contribution in [3.63, 3.8) is 0 Å². The number of ketones is 1. The van der Waals surface area contributed by atoms with Gasteiger partial charge in [0.25, 0.3) is 0 Å². The average molecular weight is 286 g/mol. The zero-order valence-corrected chi connectivity index (χ0v) is 12.0. The molecule has 1 unspecified atom stereocenters. The fourth-order valence-corrected chi connectivity index (χ4v) is 2.95. The minimum atomic E-state index is 0.0748. The van der Waals surface area contributed by atoms with E-state index in [-0.39, 0.29) is 5.78 Å². The second-order valence-electron chi connectivity index (χ2n) is 5.03. The van der Waals surface area contributed by atoms with E-state index in [0.717, 1.165) is 13.1 Å². The summed E-state index contributed by atoms with van der Waals surface area (Å²) in [6.45, 7) is 4.68. The maximum Gasteiger partial charge on any atom is 0.178 e. The first-order chi connectivity index (χ1) is 8.56. The van der Waals surface area contributed by atoms with Crippen molar-refractivity contribution in [2.45, 2.75) is 19.8 Å². The lowest BCUT2D eigenvalue weighted by molar-refractivity contribution is 0.0893. The van der Waals surface area contributed by atoms with E-state index in [4.69, 9.17) is 23.2 Å². The van der Waals surface area contributed by atoms with Crippen LogP contribution < -0.4 is 0 Å². The summed E-state index contributed by atoms with van der Waals surface area (Å²) in [7, 11) is 0.